The number of hydrogen-bond acceptors (Lipinski definition) is 8. The van der Waals surface area contributed by atoms with Gasteiger partial charge in [-0.3, -0.25) is 4.98 Å². The summed E-state index contributed by atoms with van der Waals surface area (Å²) in [4.78, 5) is 19.7. The predicted octanol–water partition coefficient (Wildman–Crippen LogP) is 2.89. The summed E-state index contributed by atoms with van der Waals surface area (Å²) in [6, 6.07) is 3.86. The molecule has 0 spiro atoms. The minimum Gasteiger partial charge on any atom is -0.347 e. The molecular weight excluding hydrogens is 348 g/mol. The first-order valence-corrected chi connectivity index (χ1v) is 9.26. The summed E-state index contributed by atoms with van der Waals surface area (Å²) in [6.07, 6.45) is 3.53. The van der Waals surface area contributed by atoms with E-state index in [1.54, 1.807) is 12.4 Å². The summed E-state index contributed by atoms with van der Waals surface area (Å²) in [5.74, 6) is 2.41. The quantitative estimate of drug-likeness (QED) is 0.655. The Morgan fingerprint density at radius 2 is 1.96 bits per heavy atom. The average Bonchev–Trinajstić information content (AvgIpc) is 3.04. The predicted molar refractivity (Wildman–Crippen MR) is 101 cm³/mol. The van der Waals surface area contributed by atoms with Gasteiger partial charge in [-0.05, 0) is 30.8 Å². The summed E-state index contributed by atoms with van der Waals surface area (Å²) >= 11 is 1.40. The summed E-state index contributed by atoms with van der Waals surface area (Å²) in [5, 5.41) is 10.0. The van der Waals surface area contributed by atoms with Gasteiger partial charge < -0.3 is 9.47 Å². The smallest absolute Gasteiger partial charge is 0.229 e. The molecule has 0 N–H and O–H groups in total. The molecule has 0 saturated heterocycles. The fourth-order valence-electron chi connectivity index (χ4n) is 2.30. The molecule has 0 saturated carbocycles. The van der Waals surface area contributed by atoms with E-state index in [1.165, 1.54) is 11.8 Å². The molecule has 0 aliphatic rings. The van der Waals surface area contributed by atoms with Crippen LogP contribution >= 0.6 is 11.8 Å². The SMILES string of the molecule is CCn1c(Sc2nc(C(C)C)nc(N(C)C)n2)nnc1-c1cccnc1. The first-order chi connectivity index (χ1) is 12.5. The van der Waals surface area contributed by atoms with Crippen LogP contribution in [0.25, 0.3) is 11.4 Å². The molecule has 3 aromatic heterocycles. The highest BCUT2D eigenvalue weighted by Gasteiger charge is 2.17. The molecule has 0 bridgehead atoms. The third-order valence-corrected chi connectivity index (χ3v) is 4.52. The number of pyridine rings is 1. The minimum absolute atomic E-state index is 0.214. The van der Waals surface area contributed by atoms with Crippen molar-refractivity contribution in [1.82, 2.24) is 34.7 Å². The molecule has 0 unspecified atom stereocenters. The lowest BCUT2D eigenvalue weighted by atomic mass is 10.2. The van der Waals surface area contributed by atoms with Crippen LogP contribution in [0.4, 0.5) is 5.95 Å². The van der Waals surface area contributed by atoms with E-state index in [0.717, 1.165) is 28.9 Å². The van der Waals surface area contributed by atoms with Gasteiger partial charge in [-0.15, -0.1) is 10.2 Å². The Bertz CT molecular complexity index is 849. The van der Waals surface area contributed by atoms with Crippen molar-refractivity contribution in [2.75, 3.05) is 19.0 Å². The Morgan fingerprint density at radius 1 is 1.15 bits per heavy atom. The molecule has 0 aromatic carbocycles. The summed E-state index contributed by atoms with van der Waals surface area (Å²) in [7, 11) is 3.84. The maximum atomic E-state index is 4.59. The summed E-state index contributed by atoms with van der Waals surface area (Å²) in [5.41, 5.74) is 0.932. The molecule has 8 nitrogen and oxygen atoms in total. The van der Waals surface area contributed by atoms with Gasteiger partial charge >= 0.3 is 0 Å². The van der Waals surface area contributed by atoms with Gasteiger partial charge in [-0.2, -0.15) is 9.97 Å². The van der Waals surface area contributed by atoms with E-state index >= 15 is 0 Å². The van der Waals surface area contributed by atoms with Crippen LogP contribution < -0.4 is 4.90 Å². The lowest BCUT2D eigenvalue weighted by Crippen LogP contribution is -2.16. The van der Waals surface area contributed by atoms with Gasteiger partial charge in [0.15, 0.2) is 11.0 Å². The molecule has 9 heteroatoms. The number of rotatable bonds is 6. The van der Waals surface area contributed by atoms with Crippen LogP contribution in [-0.2, 0) is 6.54 Å². The molecule has 3 aromatic rings. The third kappa shape index (κ3) is 3.82. The number of nitrogens with zero attached hydrogens (tertiary/aromatic N) is 8. The monoisotopic (exact) mass is 370 g/mol. The van der Waals surface area contributed by atoms with Gasteiger partial charge in [-0.1, -0.05) is 13.8 Å². The van der Waals surface area contributed by atoms with Crippen LogP contribution in [0, 0.1) is 0 Å². The lowest BCUT2D eigenvalue weighted by molar-refractivity contribution is 0.680. The van der Waals surface area contributed by atoms with Gasteiger partial charge in [0.05, 0.1) is 0 Å². The third-order valence-electron chi connectivity index (χ3n) is 3.67. The van der Waals surface area contributed by atoms with Gasteiger partial charge in [0.25, 0.3) is 0 Å². The average molecular weight is 370 g/mol. The fourth-order valence-corrected chi connectivity index (χ4v) is 3.14. The molecule has 0 atom stereocenters. The van der Waals surface area contributed by atoms with E-state index in [9.17, 15) is 0 Å². The van der Waals surface area contributed by atoms with Crippen LogP contribution in [0.15, 0.2) is 34.8 Å². The molecular formula is C17H22N8S. The van der Waals surface area contributed by atoms with Crippen LogP contribution in [0.2, 0.25) is 0 Å². The highest BCUT2D eigenvalue weighted by Crippen LogP contribution is 2.28. The van der Waals surface area contributed by atoms with Crippen LogP contribution in [-0.4, -0.2) is 48.8 Å². The van der Waals surface area contributed by atoms with E-state index in [0.29, 0.717) is 11.1 Å². The van der Waals surface area contributed by atoms with E-state index in [4.69, 9.17) is 0 Å². The summed E-state index contributed by atoms with van der Waals surface area (Å²) in [6.45, 7) is 6.93. The minimum atomic E-state index is 0.214. The maximum absolute atomic E-state index is 4.59. The van der Waals surface area contributed by atoms with Crippen molar-refractivity contribution in [3.63, 3.8) is 0 Å². The standard InChI is InChI=1S/C17H22N8S/c1-6-25-14(12-8-7-9-18-10-12)22-23-17(25)26-16-20-13(11(2)3)19-15(21-16)24(4)5/h7-11H,6H2,1-5H3. The second-order valence-corrected chi connectivity index (χ2v) is 7.15. The molecule has 26 heavy (non-hydrogen) atoms. The van der Waals surface area contributed by atoms with E-state index < -0.39 is 0 Å². The van der Waals surface area contributed by atoms with Crippen molar-refractivity contribution in [3.05, 3.63) is 30.4 Å². The highest BCUT2D eigenvalue weighted by atomic mass is 32.2. The van der Waals surface area contributed by atoms with Crippen LogP contribution in [0.5, 0.6) is 0 Å². The summed E-state index contributed by atoms with van der Waals surface area (Å²) < 4.78 is 2.04. The van der Waals surface area contributed by atoms with E-state index in [1.807, 2.05) is 35.7 Å². The Labute approximate surface area is 157 Å². The molecule has 0 aliphatic carbocycles. The van der Waals surface area contributed by atoms with Crippen molar-refractivity contribution in [2.24, 2.45) is 0 Å². The molecule has 0 radical (unpaired) electrons. The topological polar surface area (TPSA) is 85.5 Å². The first kappa shape index (κ1) is 18.2. The molecule has 3 rings (SSSR count). The Hall–Kier alpha value is -2.55. The van der Waals surface area contributed by atoms with Gasteiger partial charge in [0.2, 0.25) is 11.1 Å². The zero-order chi connectivity index (χ0) is 18.7. The van der Waals surface area contributed by atoms with Crippen molar-refractivity contribution < 1.29 is 0 Å². The number of anilines is 1. The molecule has 136 valence electrons. The van der Waals surface area contributed by atoms with Gasteiger partial charge in [-0.25, -0.2) is 4.98 Å². The van der Waals surface area contributed by atoms with Gasteiger partial charge in [0.1, 0.15) is 5.82 Å². The normalized spacial score (nSPS) is 11.2. The van der Waals surface area contributed by atoms with Crippen LogP contribution in [0.3, 0.4) is 0 Å². The Morgan fingerprint density at radius 3 is 2.58 bits per heavy atom. The van der Waals surface area contributed by atoms with Crippen LogP contribution in [0.1, 0.15) is 32.5 Å². The Balaban J connectivity index is 1.98. The van der Waals surface area contributed by atoms with E-state index in [2.05, 4.69) is 50.9 Å². The molecule has 0 amide bonds. The van der Waals surface area contributed by atoms with Crippen molar-refractivity contribution in [2.45, 2.75) is 43.5 Å². The molecule has 0 aliphatic heterocycles. The van der Waals surface area contributed by atoms with Crippen molar-refractivity contribution in [1.29, 1.82) is 0 Å². The number of hydrogen-bond donors (Lipinski definition) is 0. The highest BCUT2D eigenvalue weighted by molar-refractivity contribution is 7.99. The largest absolute Gasteiger partial charge is 0.347 e. The van der Waals surface area contributed by atoms with E-state index in [-0.39, 0.29) is 5.92 Å². The maximum Gasteiger partial charge on any atom is 0.229 e. The van der Waals surface area contributed by atoms with Gasteiger partial charge in [0, 0.05) is 44.5 Å². The van der Waals surface area contributed by atoms with Crippen molar-refractivity contribution >= 4 is 17.7 Å². The number of aromatic nitrogens is 7. The molecule has 3 heterocycles. The zero-order valence-corrected chi connectivity index (χ0v) is 16.4. The second-order valence-electron chi connectivity index (χ2n) is 6.22. The fraction of sp³-hybridized carbons (Fsp3) is 0.412. The van der Waals surface area contributed by atoms with Crippen molar-refractivity contribution in [3.8, 4) is 11.4 Å². The zero-order valence-electron chi connectivity index (χ0n) is 15.6. The Kier molecular flexibility index (Phi) is 5.46. The lowest BCUT2D eigenvalue weighted by Gasteiger charge is -2.14. The molecule has 0 fully saturated rings. The first-order valence-electron chi connectivity index (χ1n) is 8.44. The second kappa shape index (κ2) is 7.77.